The summed E-state index contributed by atoms with van der Waals surface area (Å²) in [7, 11) is 0. The molecule has 1 saturated carbocycles. The monoisotopic (exact) mass is 421 g/mol. The molecule has 5 heteroatoms. The number of H-pyrrole nitrogens is 1. The van der Waals surface area contributed by atoms with Crippen molar-refractivity contribution in [3.8, 4) is 5.69 Å². The normalized spacial score (nSPS) is 15.6. The first-order chi connectivity index (χ1) is 13.2. The second-order valence-corrected chi connectivity index (χ2v) is 8.30. The van der Waals surface area contributed by atoms with E-state index >= 15 is 0 Å². The van der Waals surface area contributed by atoms with E-state index in [4.69, 9.17) is 0 Å². The maximum absolute atomic E-state index is 12.9. The first-order valence-corrected chi connectivity index (χ1v) is 10.3. The van der Waals surface area contributed by atoms with Gasteiger partial charge in [-0.2, -0.15) is 0 Å². The molecule has 1 fully saturated rings. The lowest BCUT2D eigenvalue weighted by Gasteiger charge is -2.22. The van der Waals surface area contributed by atoms with Crippen molar-refractivity contribution in [1.82, 2.24) is 14.8 Å². The summed E-state index contributed by atoms with van der Waals surface area (Å²) in [6.07, 6.45) is 8.16. The minimum atomic E-state index is -0.0650. The van der Waals surface area contributed by atoms with Crippen LogP contribution in [0.1, 0.15) is 43.6 Å². The second-order valence-electron chi connectivity index (χ2n) is 7.39. The van der Waals surface area contributed by atoms with Crippen molar-refractivity contribution in [3.05, 3.63) is 69.1 Å². The van der Waals surface area contributed by atoms with E-state index in [-0.39, 0.29) is 5.56 Å². The van der Waals surface area contributed by atoms with E-state index in [1.54, 1.807) is 10.9 Å². The van der Waals surface area contributed by atoms with Gasteiger partial charge in [-0.1, -0.05) is 41.3 Å². The first kappa shape index (κ1) is 16.8. The molecule has 136 valence electrons. The fourth-order valence-electron chi connectivity index (χ4n) is 4.24. The van der Waals surface area contributed by atoms with Crippen LogP contribution in [0, 0.1) is 0 Å². The molecule has 1 N–H and O–H groups in total. The van der Waals surface area contributed by atoms with Gasteiger partial charge in [-0.05, 0) is 60.7 Å². The molecule has 1 aliphatic carbocycles. The average Bonchev–Trinajstić information content (AvgIpc) is 3.06. The van der Waals surface area contributed by atoms with Gasteiger partial charge in [-0.25, -0.2) is 4.68 Å². The van der Waals surface area contributed by atoms with Gasteiger partial charge >= 0.3 is 0 Å². The number of hydrogen-bond donors (Lipinski definition) is 1. The van der Waals surface area contributed by atoms with E-state index in [1.807, 2.05) is 24.3 Å². The van der Waals surface area contributed by atoms with E-state index in [0.29, 0.717) is 11.3 Å². The molecule has 1 aliphatic rings. The van der Waals surface area contributed by atoms with Gasteiger partial charge in [0.05, 0.1) is 22.1 Å². The third-order valence-corrected chi connectivity index (χ3v) is 6.24. The minimum absolute atomic E-state index is 0.0650. The van der Waals surface area contributed by atoms with Gasteiger partial charge in [-0.3, -0.25) is 14.9 Å². The Bertz CT molecular complexity index is 1180. The zero-order valence-corrected chi connectivity index (χ0v) is 16.5. The Balaban J connectivity index is 1.70. The standard InChI is InChI=1S/C22H20BrN3O/c23-16-7-9-17(10-8-16)26-22(27)19-13-24-20-11-6-15(12-18(20)21(19)25-26)14-4-2-1-3-5-14/h6-14,25H,1-5H2. The largest absolute Gasteiger partial charge is 0.290 e. The van der Waals surface area contributed by atoms with E-state index in [1.165, 1.54) is 37.7 Å². The van der Waals surface area contributed by atoms with Crippen molar-refractivity contribution < 1.29 is 0 Å². The summed E-state index contributed by atoms with van der Waals surface area (Å²) >= 11 is 3.44. The molecule has 0 aliphatic heterocycles. The van der Waals surface area contributed by atoms with Gasteiger partial charge in [0, 0.05) is 16.1 Å². The summed E-state index contributed by atoms with van der Waals surface area (Å²) in [6.45, 7) is 0. The third kappa shape index (κ3) is 2.90. The first-order valence-electron chi connectivity index (χ1n) is 9.50. The van der Waals surface area contributed by atoms with Crippen LogP contribution in [0.2, 0.25) is 0 Å². The number of hydrogen-bond acceptors (Lipinski definition) is 2. The SMILES string of the molecule is O=c1c2cnc3ccc(C4CCCCC4)cc3c2[nH]n1-c1ccc(Br)cc1. The molecule has 0 spiro atoms. The molecule has 2 heterocycles. The molecule has 4 aromatic rings. The molecule has 2 aromatic carbocycles. The number of halogens is 1. The summed E-state index contributed by atoms with van der Waals surface area (Å²) in [5.41, 5.74) is 3.91. The Kier molecular flexibility index (Phi) is 4.12. The van der Waals surface area contributed by atoms with E-state index in [0.717, 1.165) is 26.6 Å². The van der Waals surface area contributed by atoms with Crippen molar-refractivity contribution in [2.24, 2.45) is 0 Å². The molecule has 0 bridgehead atoms. The Morgan fingerprint density at radius 2 is 1.78 bits per heavy atom. The molecule has 0 unspecified atom stereocenters. The average molecular weight is 422 g/mol. The number of aromatic nitrogens is 3. The molecule has 0 amide bonds. The summed E-state index contributed by atoms with van der Waals surface area (Å²) in [4.78, 5) is 17.5. The lowest BCUT2D eigenvalue weighted by atomic mass is 9.83. The van der Waals surface area contributed by atoms with Crippen LogP contribution in [0.3, 0.4) is 0 Å². The third-order valence-electron chi connectivity index (χ3n) is 5.71. The highest BCUT2D eigenvalue weighted by Crippen LogP contribution is 2.34. The predicted molar refractivity (Wildman–Crippen MR) is 113 cm³/mol. The van der Waals surface area contributed by atoms with Crippen molar-refractivity contribution >= 4 is 37.7 Å². The van der Waals surface area contributed by atoms with Crippen molar-refractivity contribution in [3.63, 3.8) is 0 Å². The molecule has 4 nitrogen and oxygen atoms in total. The van der Waals surface area contributed by atoms with Gasteiger partial charge in [0.25, 0.3) is 5.56 Å². The molecule has 5 rings (SSSR count). The summed E-state index contributed by atoms with van der Waals surface area (Å²) in [6, 6.07) is 14.3. The highest BCUT2D eigenvalue weighted by atomic mass is 79.9. The van der Waals surface area contributed by atoms with E-state index in [2.05, 4.69) is 44.2 Å². The molecule has 0 radical (unpaired) electrons. The van der Waals surface area contributed by atoms with Crippen LogP contribution in [0.4, 0.5) is 0 Å². The Labute approximate surface area is 165 Å². The molecular weight excluding hydrogens is 402 g/mol. The van der Waals surface area contributed by atoms with Gasteiger partial charge in [0.15, 0.2) is 0 Å². The molecule has 2 aromatic heterocycles. The quantitative estimate of drug-likeness (QED) is 0.452. The van der Waals surface area contributed by atoms with Crippen LogP contribution in [0.15, 0.2) is 57.9 Å². The summed E-state index contributed by atoms with van der Waals surface area (Å²) in [5.74, 6) is 0.624. The number of nitrogens with one attached hydrogen (secondary N) is 1. The van der Waals surface area contributed by atoms with Crippen LogP contribution < -0.4 is 5.56 Å². The van der Waals surface area contributed by atoms with Crippen molar-refractivity contribution in [1.29, 1.82) is 0 Å². The predicted octanol–water partition coefficient (Wildman–Crippen LogP) is 5.68. The number of rotatable bonds is 2. The molecule has 0 saturated heterocycles. The van der Waals surface area contributed by atoms with Gasteiger partial charge in [0.2, 0.25) is 0 Å². The van der Waals surface area contributed by atoms with Crippen LogP contribution in [-0.4, -0.2) is 14.8 Å². The highest BCUT2D eigenvalue weighted by Gasteiger charge is 2.17. The number of benzene rings is 2. The second kappa shape index (κ2) is 6.64. The maximum Gasteiger partial charge on any atom is 0.280 e. The topological polar surface area (TPSA) is 50.7 Å². The van der Waals surface area contributed by atoms with Crippen LogP contribution in [-0.2, 0) is 0 Å². The van der Waals surface area contributed by atoms with Crippen LogP contribution >= 0.6 is 15.9 Å². The lowest BCUT2D eigenvalue weighted by molar-refractivity contribution is 0.444. The van der Waals surface area contributed by atoms with Gasteiger partial charge in [-0.15, -0.1) is 0 Å². The van der Waals surface area contributed by atoms with Gasteiger partial charge in [0.1, 0.15) is 0 Å². The molecular formula is C22H20BrN3O. The number of pyridine rings is 1. The summed E-state index contributed by atoms with van der Waals surface area (Å²) < 4.78 is 2.59. The zero-order chi connectivity index (χ0) is 18.4. The maximum atomic E-state index is 12.9. The Morgan fingerprint density at radius 3 is 2.56 bits per heavy atom. The number of nitrogens with zero attached hydrogens (tertiary/aromatic N) is 2. The fourth-order valence-corrected chi connectivity index (χ4v) is 4.50. The Morgan fingerprint density at radius 1 is 1.00 bits per heavy atom. The smallest absolute Gasteiger partial charge is 0.280 e. The van der Waals surface area contributed by atoms with Crippen LogP contribution in [0.5, 0.6) is 0 Å². The molecule has 0 atom stereocenters. The number of aromatic amines is 1. The zero-order valence-electron chi connectivity index (χ0n) is 14.9. The van der Waals surface area contributed by atoms with Crippen molar-refractivity contribution in [2.45, 2.75) is 38.0 Å². The minimum Gasteiger partial charge on any atom is -0.290 e. The van der Waals surface area contributed by atoms with Crippen molar-refractivity contribution in [2.75, 3.05) is 0 Å². The fraction of sp³-hybridized carbons (Fsp3) is 0.273. The van der Waals surface area contributed by atoms with Crippen LogP contribution in [0.25, 0.3) is 27.5 Å². The summed E-state index contributed by atoms with van der Waals surface area (Å²) in [5, 5.41) is 4.98. The van der Waals surface area contributed by atoms with E-state index < -0.39 is 0 Å². The van der Waals surface area contributed by atoms with E-state index in [9.17, 15) is 4.79 Å². The lowest BCUT2D eigenvalue weighted by Crippen LogP contribution is -2.13. The Hall–Kier alpha value is -2.40. The highest BCUT2D eigenvalue weighted by molar-refractivity contribution is 9.10. The molecule has 27 heavy (non-hydrogen) atoms. The van der Waals surface area contributed by atoms with Gasteiger partial charge < -0.3 is 0 Å². The number of fused-ring (bicyclic) bond motifs is 3.